The van der Waals surface area contributed by atoms with E-state index in [0.717, 1.165) is 24.8 Å². The first-order valence-electron chi connectivity index (χ1n) is 4.82. The Balaban J connectivity index is 2.74. The lowest BCUT2D eigenvalue weighted by Gasteiger charge is -2.07. The molecule has 1 aromatic rings. The molecule has 2 N–H and O–H groups in total. The second kappa shape index (κ2) is 5.27. The minimum atomic E-state index is -1.01. The van der Waals surface area contributed by atoms with Gasteiger partial charge >= 0.3 is 6.09 Å². The molecule has 0 aliphatic rings. The first kappa shape index (κ1) is 10.6. The number of benzene rings is 1. The number of para-hydroxylation sites is 1. The molecule has 1 aromatic carbocycles. The predicted molar refractivity (Wildman–Crippen MR) is 56.7 cm³/mol. The van der Waals surface area contributed by atoms with E-state index in [2.05, 4.69) is 12.2 Å². The molecule has 1 amide bonds. The first-order valence-corrected chi connectivity index (χ1v) is 4.82. The highest BCUT2D eigenvalue weighted by Gasteiger charge is 2.03. The molecule has 0 atom stereocenters. The Morgan fingerprint density at radius 2 is 2.14 bits per heavy atom. The molecule has 0 saturated heterocycles. The van der Waals surface area contributed by atoms with Crippen molar-refractivity contribution in [2.24, 2.45) is 0 Å². The smallest absolute Gasteiger partial charge is 0.409 e. The van der Waals surface area contributed by atoms with Crippen LogP contribution >= 0.6 is 0 Å². The summed E-state index contributed by atoms with van der Waals surface area (Å²) >= 11 is 0. The van der Waals surface area contributed by atoms with Crippen LogP contribution < -0.4 is 5.32 Å². The molecule has 0 aliphatic heterocycles. The van der Waals surface area contributed by atoms with Crippen molar-refractivity contribution in [1.82, 2.24) is 0 Å². The number of carbonyl (C=O) groups is 1. The Morgan fingerprint density at radius 1 is 1.43 bits per heavy atom. The van der Waals surface area contributed by atoms with Gasteiger partial charge in [-0.25, -0.2) is 4.79 Å². The molecule has 0 radical (unpaired) electrons. The molecule has 0 aliphatic carbocycles. The molecule has 76 valence electrons. The van der Waals surface area contributed by atoms with Gasteiger partial charge in [-0.05, 0) is 24.5 Å². The molecule has 0 unspecified atom stereocenters. The number of rotatable bonds is 4. The summed E-state index contributed by atoms with van der Waals surface area (Å²) in [5, 5.41) is 11.0. The van der Waals surface area contributed by atoms with Crippen molar-refractivity contribution >= 4 is 11.8 Å². The van der Waals surface area contributed by atoms with Crippen molar-refractivity contribution < 1.29 is 9.90 Å². The van der Waals surface area contributed by atoms with E-state index >= 15 is 0 Å². The van der Waals surface area contributed by atoms with Gasteiger partial charge in [-0.3, -0.25) is 5.32 Å². The summed E-state index contributed by atoms with van der Waals surface area (Å²) in [5.74, 6) is 0. The maximum absolute atomic E-state index is 10.5. The second-order valence-electron chi connectivity index (χ2n) is 3.19. The van der Waals surface area contributed by atoms with E-state index < -0.39 is 6.09 Å². The molecule has 14 heavy (non-hydrogen) atoms. The molecular weight excluding hydrogens is 178 g/mol. The van der Waals surface area contributed by atoms with Crippen LogP contribution in [-0.4, -0.2) is 11.2 Å². The van der Waals surface area contributed by atoms with E-state index in [-0.39, 0.29) is 0 Å². The summed E-state index contributed by atoms with van der Waals surface area (Å²) in [6.07, 6.45) is 2.11. The maximum atomic E-state index is 10.5. The second-order valence-corrected chi connectivity index (χ2v) is 3.19. The summed E-state index contributed by atoms with van der Waals surface area (Å²) in [4.78, 5) is 10.5. The number of nitrogens with one attached hydrogen (secondary N) is 1. The molecule has 0 saturated carbocycles. The van der Waals surface area contributed by atoms with Crippen LogP contribution in [0.5, 0.6) is 0 Å². The highest BCUT2D eigenvalue weighted by atomic mass is 16.4. The van der Waals surface area contributed by atoms with Gasteiger partial charge in [0.25, 0.3) is 0 Å². The Labute approximate surface area is 83.8 Å². The van der Waals surface area contributed by atoms with Gasteiger partial charge < -0.3 is 5.11 Å². The largest absolute Gasteiger partial charge is 0.465 e. The summed E-state index contributed by atoms with van der Waals surface area (Å²) < 4.78 is 0. The molecule has 0 fully saturated rings. The quantitative estimate of drug-likeness (QED) is 0.771. The van der Waals surface area contributed by atoms with Gasteiger partial charge in [0.05, 0.1) is 0 Å². The van der Waals surface area contributed by atoms with Gasteiger partial charge in [0.1, 0.15) is 0 Å². The predicted octanol–water partition coefficient (Wildman–Crippen LogP) is 3.12. The number of aryl methyl sites for hydroxylation is 1. The fourth-order valence-electron chi connectivity index (χ4n) is 1.34. The van der Waals surface area contributed by atoms with Gasteiger partial charge in [0, 0.05) is 5.69 Å². The minimum Gasteiger partial charge on any atom is -0.465 e. The van der Waals surface area contributed by atoms with E-state index in [4.69, 9.17) is 5.11 Å². The minimum absolute atomic E-state index is 0.702. The average Bonchev–Trinajstić information content (AvgIpc) is 2.16. The molecule has 3 heteroatoms. The lowest BCUT2D eigenvalue weighted by molar-refractivity contribution is 0.209. The van der Waals surface area contributed by atoms with Gasteiger partial charge in [0.15, 0.2) is 0 Å². The van der Waals surface area contributed by atoms with Crippen molar-refractivity contribution in [3.63, 3.8) is 0 Å². The lowest BCUT2D eigenvalue weighted by Crippen LogP contribution is -2.09. The lowest BCUT2D eigenvalue weighted by atomic mass is 10.1. The summed E-state index contributed by atoms with van der Waals surface area (Å²) in [6, 6.07) is 7.51. The highest BCUT2D eigenvalue weighted by molar-refractivity contribution is 5.83. The fraction of sp³-hybridized carbons (Fsp3) is 0.364. The first-order chi connectivity index (χ1) is 6.74. The van der Waals surface area contributed by atoms with Crippen LogP contribution in [0, 0.1) is 0 Å². The standard InChI is InChI=1S/C11H15NO2/c1-2-3-6-9-7-4-5-8-10(9)12-11(13)14/h4-5,7-8,12H,2-3,6H2,1H3,(H,13,14). The average molecular weight is 193 g/mol. The van der Waals surface area contributed by atoms with E-state index in [1.807, 2.05) is 18.2 Å². The van der Waals surface area contributed by atoms with Crippen LogP contribution in [-0.2, 0) is 6.42 Å². The number of unbranched alkanes of at least 4 members (excludes halogenated alkanes) is 1. The SMILES string of the molecule is CCCCc1ccccc1NC(=O)O. The number of hydrogen-bond acceptors (Lipinski definition) is 1. The Morgan fingerprint density at radius 3 is 2.79 bits per heavy atom. The van der Waals surface area contributed by atoms with Crippen LogP contribution in [0.2, 0.25) is 0 Å². The topological polar surface area (TPSA) is 49.3 Å². The molecule has 0 spiro atoms. The normalized spacial score (nSPS) is 9.79. The van der Waals surface area contributed by atoms with E-state index in [1.165, 1.54) is 0 Å². The summed E-state index contributed by atoms with van der Waals surface area (Å²) in [6.45, 7) is 2.12. The van der Waals surface area contributed by atoms with Crippen molar-refractivity contribution in [2.45, 2.75) is 26.2 Å². The third kappa shape index (κ3) is 3.09. The van der Waals surface area contributed by atoms with Crippen molar-refractivity contribution in [3.05, 3.63) is 29.8 Å². The van der Waals surface area contributed by atoms with Crippen molar-refractivity contribution in [1.29, 1.82) is 0 Å². The van der Waals surface area contributed by atoms with Crippen molar-refractivity contribution in [3.8, 4) is 0 Å². The van der Waals surface area contributed by atoms with Gasteiger partial charge in [-0.1, -0.05) is 31.5 Å². The third-order valence-electron chi connectivity index (χ3n) is 2.06. The van der Waals surface area contributed by atoms with Crippen LogP contribution in [0.3, 0.4) is 0 Å². The van der Waals surface area contributed by atoms with E-state index in [1.54, 1.807) is 6.07 Å². The molecule has 1 rings (SSSR count). The molecule has 3 nitrogen and oxygen atoms in total. The zero-order valence-corrected chi connectivity index (χ0v) is 8.29. The molecule has 0 aromatic heterocycles. The van der Waals surface area contributed by atoms with Gasteiger partial charge in [0.2, 0.25) is 0 Å². The van der Waals surface area contributed by atoms with Crippen LogP contribution in [0.15, 0.2) is 24.3 Å². The highest BCUT2D eigenvalue weighted by Crippen LogP contribution is 2.17. The Kier molecular flexibility index (Phi) is 3.98. The molecular formula is C11H15NO2. The maximum Gasteiger partial charge on any atom is 0.409 e. The van der Waals surface area contributed by atoms with Gasteiger partial charge in [-0.15, -0.1) is 0 Å². The Hall–Kier alpha value is -1.51. The number of amides is 1. The number of anilines is 1. The zero-order chi connectivity index (χ0) is 10.4. The molecule has 0 heterocycles. The van der Waals surface area contributed by atoms with Crippen molar-refractivity contribution in [2.75, 3.05) is 5.32 Å². The zero-order valence-electron chi connectivity index (χ0n) is 8.29. The third-order valence-corrected chi connectivity index (χ3v) is 2.06. The Bertz CT molecular complexity index is 310. The van der Waals surface area contributed by atoms with Crippen LogP contribution in [0.1, 0.15) is 25.3 Å². The van der Waals surface area contributed by atoms with E-state index in [9.17, 15) is 4.79 Å². The van der Waals surface area contributed by atoms with Crippen LogP contribution in [0.25, 0.3) is 0 Å². The summed E-state index contributed by atoms with van der Waals surface area (Å²) in [7, 11) is 0. The number of hydrogen-bond donors (Lipinski definition) is 2. The van der Waals surface area contributed by atoms with E-state index in [0.29, 0.717) is 5.69 Å². The number of carboxylic acid groups (broad SMARTS) is 1. The monoisotopic (exact) mass is 193 g/mol. The molecule has 0 bridgehead atoms. The summed E-state index contributed by atoms with van der Waals surface area (Å²) in [5.41, 5.74) is 1.77. The fourth-order valence-corrected chi connectivity index (χ4v) is 1.34. The van der Waals surface area contributed by atoms with Crippen LogP contribution in [0.4, 0.5) is 10.5 Å². The van der Waals surface area contributed by atoms with Gasteiger partial charge in [-0.2, -0.15) is 0 Å².